The van der Waals surface area contributed by atoms with Gasteiger partial charge in [-0.2, -0.15) is 0 Å². The number of aliphatic imine (C=N–C) groups is 1. The summed E-state index contributed by atoms with van der Waals surface area (Å²) in [5.41, 5.74) is 33.2. The molecule has 0 bridgehead atoms. The maximum Gasteiger partial charge on any atom is 0.186 e. The highest BCUT2D eigenvalue weighted by Crippen LogP contribution is 2.43. The Labute approximate surface area is 266 Å². The molecule has 266 valence electrons. The quantitative estimate of drug-likeness (QED) is 0.0465. The molecule has 0 spiro atoms. The van der Waals surface area contributed by atoms with Crippen LogP contribution in [-0.2, 0) is 23.7 Å². The lowest BCUT2D eigenvalue weighted by Gasteiger charge is -2.48. The van der Waals surface area contributed by atoms with Gasteiger partial charge in [-0.3, -0.25) is 4.79 Å². The number of carbonyl (C=O) groups excluding carboxylic acids is 1. The van der Waals surface area contributed by atoms with Crippen LogP contribution in [0.5, 0.6) is 0 Å². The molecule has 19 N–H and O–H groups in total. The monoisotopic (exact) mass is 664 g/mol. The van der Waals surface area contributed by atoms with Crippen LogP contribution in [0.4, 0.5) is 0 Å². The molecular formula is C27H52N8O11. The molecule has 0 aromatic rings. The molecule has 2 aliphatic heterocycles. The van der Waals surface area contributed by atoms with E-state index < -0.39 is 109 Å². The summed E-state index contributed by atoms with van der Waals surface area (Å²) >= 11 is 0. The largest absolute Gasteiger partial charge is 0.394 e. The number of hydrogen-bond donors (Lipinski definition) is 13. The van der Waals surface area contributed by atoms with Crippen molar-refractivity contribution in [1.29, 1.82) is 0 Å². The molecule has 0 radical (unpaired) electrons. The number of nitrogens with one attached hydrogen (secondary N) is 1. The van der Waals surface area contributed by atoms with E-state index in [9.17, 15) is 35.4 Å². The van der Waals surface area contributed by atoms with Crippen LogP contribution in [0.1, 0.15) is 32.1 Å². The number of aliphatic hydroxyl groups excluding tert-OH is 5. The Morgan fingerprint density at radius 3 is 2.26 bits per heavy atom. The third-order valence-electron chi connectivity index (χ3n) is 9.29. The summed E-state index contributed by atoms with van der Waals surface area (Å²) in [6.45, 7) is 0.761. The molecule has 19 nitrogen and oxygen atoms in total. The number of carbonyl (C=O) groups is 1. The van der Waals surface area contributed by atoms with Crippen LogP contribution in [-0.4, -0.2) is 160 Å². The maximum atomic E-state index is 13.3. The van der Waals surface area contributed by atoms with Crippen LogP contribution in [0.3, 0.4) is 0 Å². The number of guanidine groups is 1. The van der Waals surface area contributed by atoms with Crippen molar-refractivity contribution in [2.75, 3.05) is 26.2 Å². The van der Waals surface area contributed by atoms with Gasteiger partial charge < -0.3 is 89.3 Å². The normalized spacial score (nSPS) is 46.1. The molecule has 0 aromatic carbocycles. The van der Waals surface area contributed by atoms with E-state index in [1.165, 1.54) is 0 Å². The van der Waals surface area contributed by atoms with Gasteiger partial charge in [-0.15, -0.1) is 0 Å². The lowest BCUT2D eigenvalue weighted by atomic mass is 9.76. The second-order valence-corrected chi connectivity index (χ2v) is 12.8. The van der Waals surface area contributed by atoms with Crippen LogP contribution in [0.15, 0.2) is 4.99 Å². The first-order chi connectivity index (χ1) is 21.7. The van der Waals surface area contributed by atoms with Crippen molar-refractivity contribution in [3.63, 3.8) is 0 Å². The molecule has 4 aliphatic rings. The van der Waals surface area contributed by atoms with Gasteiger partial charge in [-0.25, -0.2) is 4.99 Å². The van der Waals surface area contributed by atoms with Gasteiger partial charge in [0.25, 0.3) is 0 Å². The minimum absolute atomic E-state index is 0.00268. The van der Waals surface area contributed by atoms with Gasteiger partial charge in [-0.05, 0) is 38.3 Å². The summed E-state index contributed by atoms with van der Waals surface area (Å²) in [7, 11) is 0. The zero-order chi connectivity index (χ0) is 33.9. The van der Waals surface area contributed by atoms with Crippen LogP contribution < -0.4 is 39.7 Å². The summed E-state index contributed by atoms with van der Waals surface area (Å²) in [6, 6.07) is -3.76. The van der Waals surface area contributed by atoms with E-state index in [1.54, 1.807) is 0 Å². The van der Waals surface area contributed by atoms with Gasteiger partial charge in [0.15, 0.2) is 24.3 Å². The molecule has 2 saturated carbocycles. The zero-order valence-electron chi connectivity index (χ0n) is 25.7. The minimum Gasteiger partial charge on any atom is -0.394 e. The third kappa shape index (κ3) is 8.31. The summed E-state index contributed by atoms with van der Waals surface area (Å²) in [5.74, 6) is -1.73. The number of ketones is 1. The molecule has 16 atom stereocenters. The van der Waals surface area contributed by atoms with E-state index in [0.717, 1.165) is 6.42 Å². The molecule has 0 aromatic heterocycles. The summed E-state index contributed by atoms with van der Waals surface area (Å²) in [6.07, 6.45) is -11.8. The van der Waals surface area contributed by atoms with E-state index in [-0.39, 0.29) is 31.6 Å². The molecule has 4 rings (SSSR count). The Balaban J connectivity index is 1.52. The van der Waals surface area contributed by atoms with E-state index in [1.807, 2.05) is 0 Å². The fourth-order valence-electron chi connectivity index (χ4n) is 6.42. The van der Waals surface area contributed by atoms with Crippen molar-refractivity contribution >= 4 is 11.7 Å². The Morgan fingerprint density at radius 1 is 0.935 bits per heavy atom. The fourth-order valence-corrected chi connectivity index (χ4v) is 6.42. The lowest BCUT2D eigenvalue weighted by molar-refractivity contribution is -0.320. The van der Waals surface area contributed by atoms with Crippen molar-refractivity contribution in [2.24, 2.45) is 45.3 Å². The van der Waals surface area contributed by atoms with Crippen molar-refractivity contribution in [2.45, 2.75) is 123 Å². The standard InChI is InChI=1S/C27H52N8O11/c28-2-1-3-34-8-14-13(37)6-12(30)24(43-14)46-23-11(29)4-10(5-17(38)27(42)7-16(27)35-26(32)33)22(21(23)41)45-25-20(40)18(31)19(39)15(9-36)44-25/h10-16,18-25,34,36-37,39-42H,1-9,28-31H2,(H4,32,33,35)/t10-,11-,12+,13-,14+,15+,16?,18-,19+,20+,21+,22-,23+,24+,25+,27?/m0/s1. The van der Waals surface area contributed by atoms with Crippen LogP contribution in [0.25, 0.3) is 0 Å². The SMILES string of the molecule is NCCCNC[C@H]1O[C@H](O[C@H]2[C@H](O)[C@@H](O[C@H]3O[C@H](CO)[C@@H](O)[C@H](N)[C@H]3O)[C@H](CC(=O)C3(O)CC3N=C(N)N)C[C@@H]2N)[C@H](N)C[C@@H]1O. The average molecular weight is 665 g/mol. The van der Waals surface area contributed by atoms with E-state index in [2.05, 4.69) is 10.3 Å². The summed E-state index contributed by atoms with van der Waals surface area (Å²) in [5, 5.41) is 66.9. The first kappa shape index (κ1) is 37.2. The minimum atomic E-state index is -1.82. The number of ether oxygens (including phenoxy) is 4. The molecule has 4 fully saturated rings. The number of rotatable bonds is 14. The number of Topliss-reactive ketones (excluding diaryl/α,β-unsaturated/α-hetero) is 1. The van der Waals surface area contributed by atoms with Crippen LogP contribution in [0.2, 0.25) is 0 Å². The Bertz CT molecular complexity index is 1040. The van der Waals surface area contributed by atoms with Gasteiger partial charge in [0.2, 0.25) is 0 Å². The molecule has 19 heteroatoms. The number of nitrogens with zero attached hydrogens (tertiary/aromatic N) is 1. The number of aliphatic hydroxyl groups is 6. The van der Waals surface area contributed by atoms with Gasteiger partial charge in [0.05, 0.1) is 43.0 Å². The predicted octanol–water partition coefficient (Wildman–Crippen LogP) is -7.29. The fraction of sp³-hybridized carbons (Fsp3) is 0.926. The van der Waals surface area contributed by atoms with Crippen molar-refractivity contribution in [1.82, 2.24) is 5.32 Å². The molecular weight excluding hydrogens is 612 g/mol. The van der Waals surface area contributed by atoms with Crippen molar-refractivity contribution in [3.8, 4) is 0 Å². The molecule has 2 saturated heterocycles. The second-order valence-electron chi connectivity index (χ2n) is 12.8. The zero-order valence-corrected chi connectivity index (χ0v) is 25.7. The Hall–Kier alpha value is -1.66. The first-order valence-corrected chi connectivity index (χ1v) is 15.7. The van der Waals surface area contributed by atoms with Gasteiger partial charge >= 0.3 is 0 Å². The maximum absolute atomic E-state index is 13.3. The number of hydrogen-bond acceptors (Lipinski definition) is 17. The topological polar surface area (TPSA) is 356 Å². The van der Waals surface area contributed by atoms with E-state index >= 15 is 0 Å². The predicted molar refractivity (Wildman–Crippen MR) is 160 cm³/mol. The molecule has 2 heterocycles. The second kappa shape index (κ2) is 15.7. The summed E-state index contributed by atoms with van der Waals surface area (Å²) < 4.78 is 23.8. The summed E-state index contributed by atoms with van der Waals surface area (Å²) in [4.78, 5) is 17.2. The van der Waals surface area contributed by atoms with Crippen molar-refractivity contribution in [3.05, 3.63) is 0 Å². The smallest absolute Gasteiger partial charge is 0.186 e. The third-order valence-corrected chi connectivity index (χ3v) is 9.29. The Kier molecular flexibility index (Phi) is 12.7. The van der Waals surface area contributed by atoms with Gasteiger partial charge in [0.1, 0.15) is 36.1 Å². The van der Waals surface area contributed by atoms with E-state index in [0.29, 0.717) is 19.6 Å². The molecule has 2 aliphatic carbocycles. The Morgan fingerprint density at radius 2 is 1.61 bits per heavy atom. The highest BCUT2D eigenvalue weighted by molar-refractivity contribution is 5.92. The van der Waals surface area contributed by atoms with Crippen molar-refractivity contribution < 1.29 is 54.4 Å². The highest BCUT2D eigenvalue weighted by atomic mass is 16.7. The number of nitrogens with two attached hydrogens (primary N) is 6. The molecule has 0 amide bonds. The average Bonchev–Trinajstić information content (AvgIpc) is 3.66. The van der Waals surface area contributed by atoms with Gasteiger partial charge in [-0.1, -0.05) is 0 Å². The molecule has 46 heavy (non-hydrogen) atoms. The van der Waals surface area contributed by atoms with Crippen LogP contribution in [0, 0.1) is 5.92 Å². The first-order valence-electron chi connectivity index (χ1n) is 15.7. The molecule has 2 unspecified atom stereocenters. The van der Waals surface area contributed by atoms with Crippen LogP contribution >= 0.6 is 0 Å². The van der Waals surface area contributed by atoms with E-state index in [4.69, 9.17) is 53.3 Å². The lowest BCUT2D eigenvalue weighted by Crippen LogP contribution is -2.66. The highest BCUT2D eigenvalue weighted by Gasteiger charge is 2.60. The van der Waals surface area contributed by atoms with Gasteiger partial charge in [0, 0.05) is 25.4 Å².